The molecule has 0 spiro atoms. The average Bonchev–Trinajstić information content (AvgIpc) is 3.06. The standard InChI is InChI=1S/C19H22N2O3/c22-16-10-17(20-12-16)19(23)21-11-15-8-4-5-9-18(15)24-13-14-6-2-1-3-7-14/h1-9,16-17,20,22H,10-13H2,(H,21,23)/t16-,17-/m1/s1. The van der Waals surface area contributed by atoms with Crippen LogP contribution in [0.3, 0.4) is 0 Å². The van der Waals surface area contributed by atoms with Crippen LogP contribution in [-0.2, 0) is 17.9 Å². The van der Waals surface area contributed by atoms with E-state index >= 15 is 0 Å². The highest BCUT2D eigenvalue weighted by Gasteiger charge is 2.27. The second kappa shape index (κ2) is 7.95. The maximum Gasteiger partial charge on any atom is 0.237 e. The molecule has 0 radical (unpaired) electrons. The van der Waals surface area contributed by atoms with Crippen molar-refractivity contribution in [3.05, 3.63) is 65.7 Å². The van der Waals surface area contributed by atoms with Crippen LogP contribution in [0.15, 0.2) is 54.6 Å². The molecule has 2 aromatic carbocycles. The van der Waals surface area contributed by atoms with Gasteiger partial charge in [0, 0.05) is 18.7 Å². The number of para-hydroxylation sites is 1. The van der Waals surface area contributed by atoms with Gasteiger partial charge in [0.15, 0.2) is 0 Å². The number of hydrogen-bond acceptors (Lipinski definition) is 4. The smallest absolute Gasteiger partial charge is 0.237 e. The van der Waals surface area contributed by atoms with Crippen molar-refractivity contribution in [2.45, 2.75) is 31.7 Å². The molecule has 2 atom stereocenters. The molecule has 2 aromatic rings. The zero-order valence-electron chi connectivity index (χ0n) is 13.4. The molecule has 0 saturated carbocycles. The van der Waals surface area contributed by atoms with E-state index in [1.807, 2.05) is 54.6 Å². The van der Waals surface area contributed by atoms with Gasteiger partial charge in [-0.3, -0.25) is 4.79 Å². The summed E-state index contributed by atoms with van der Waals surface area (Å²) < 4.78 is 5.89. The lowest BCUT2D eigenvalue weighted by atomic mass is 10.1. The molecular formula is C19H22N2O3. The predicted octanol–water partition coefficient (Wildman–Crippen LogP) is 1.60. The Morgan fingerprint density at radius 3 is 2.67 bits per heavy atom. The maximum atomic E-state index is 12.1. The number of carbonyl (C=O) groups excluding carboxylic acids is 1. The monoisotopic (exact) mass is 326 g/mol. The number of nitrogens with one attached hydrogen (secondary N) is 2. The summed E-state index contributed by atoms with van der Waals surface area (Å²) in [6.45, 7) is 1.36. The first-order valence-electron chi connectivity index (χ1n) is 8.16. The van der Waals surface area contributed by atoms with Crippen LogP contribution in [0.5, 0.6) is 5.75 Å². The van der Waals surface area contributed by atoms with Crippen LogP contribution >= 0.6 is 0 Å². The van der Waals surface area contributed by atoms with Crippen molar-refractivity contribution in [2.75, 3.05) is 6.54 Å². The minimum absolute atomic E-state index is 0.0931. The Labute approximate surface area is 141 Å². The third kappa shape index (κ3) is 4.34. The third-order valence-electron chi connectivity index (χ3n) is 4.09. The van der Waals surface area contributed by atoms with Crippen molar-refractivity contribution in [2.24, 2.45) is 0 Å². The van der Waals surface area contributed by atoms with E-state index in [9.17, 15) is 9.90 Å². The van der Waals surface area contributed by atoms with Crippen LogP contribution < -0.4 is 15.4 Å². The summed E-state index contributed by atoms with van der Waals surface area (Å²) in [6, 6.07) is 17.3. The van der Waals surface area contributed by atoms with Crippen molar-refractivity contribution < 1.29 is 14.6 Å². The van der Waals surface area contributed by atoms with Gasteiger partial charge in [0.05, 0.1) is 12.1 Å². The number of β-amino-alcohol motifs (C(OH)–C–C–N with tert-alkyl or cyclic N) is 1. The van der Waals surface area contributed by atoms with Gasteiger partial charge < -0.3 is 20.5 Å². The van der Waals surface area contributed by atoms with Gasteiger partial charge in [-0.25, -0.2) is 0 Å². The first-order chi connectivity index (χ1) is 11.7. The fourth-order valence-electron chi connectivity index (χ4n) is 2.75. The molecule has 24 heavy (non-hydrogen) atoms. The van der Waals surface area contributed by atoms with E-state index in [-0.39, 0.29) is 11.9 Å². The molecule has 0 aliphatic carbocycles. The van der Waals surface area contributed by atoms with Gasteiger partial charge in [-0.05, 0) is 18.1 Å². The summed E-state index contributed by atoms with van der Waals surface area (Å²) in [4.78, 5) is 12.1. The van der Waals surface area contributed by atoms with E-state index in [2.05, 4.69) is 10.6 Å². The number of rotatable bonds is 6. The van der Waals surface area contributed by atoms with E-state index in [0.29, 0.717) is 26.1 Å². The zero-order valence-corrected chi connectivity index (χ0v) is 13.4. The number of carbonyl (C=O) groups is 1. The van der Waals surface area contributed by atoms with E-state index in [0.717, 1.165) is 16.9 Å². The molecule has 0 unspecified atom stereocenters. The number of hydrogen-bond donors (Lipinski definition) is 3. The second-order valence-electron chi connectivity index (χ2n) is 5.95. The number of aliphatic hydroxyl groups excluding tert-OH is 1. The van der Waals surface area contributed by atoms with Crippen LogP contribution in [0.2, 0.25) is 0 Å². The van der Waals surface area contributed by atoms with Gasteiger partial charge in [-0.1, -0.05) is 48.5 Å². The summed E-state index contributed by atoms with van der Waals surface area (Å²) >= 11 is 0. The minimum atomic E-state index is -0.442. The Kier molecular flexibility index (Phi) is 5.46. The summed E-state index contributed by atoms with van der Waals surface area (Å²) in [6.07, 6.45) is 0.0140. The van der Waals surface area contributed by atoms with Gasteiger partial charge in [0.1, 0.15) is 12.4 Å². The minimum Gasteiger partial charge on any atom is -0.489 e. The van der Waals surface area contributed by atoms with Crippen LogP contribution in [0.1, 0.15) is 17.5 Å². The molecule has 5 heteroatoms. The Bertz CT molecular complexity index is 675. The van der Waals surface area contributed by atoms with E-state index in [1.165, 1.54) is 0 Å². The topological polar surface area (TPSA) is 70.6 Å². The Hall–Kier alpha value is -2.37. The van der Waals surface area contributed by atoms with Crippen molar-refractivity contribution in [1.29, 1.82) is 0 Å². The number of ether oxygens (including phenoxy) is 1. The zero-order chi connectivity index (χ0) is 16.8. The molecule has 0 bridgehead atoms. The SMILES string of the molecule is O=C(NCc1ccccc1OCc1ccccc1)[C@H]1C[C@@H](O)CN1. The van der Waals surface area contributed by atoms with Crippen molar-refractivity contribution in [1.82, 2.24) is 10.6 Å². The van der Waals surface area contributed by atoms with E-state index < -0.39 is 6.10 Å². The molecule has 1 aliphatic heterocycles. The van der Waals surface area contributed by atoms with Gasteiger partial charge in [0.25, 0.3) is 0 Å². The first kappa shape index (κ1) is 16.5. The lowest BCUT2D eigenvalue weighted by Gasteiger charge is -2.14. The third-order valence-corrected chi connectivity index (χ3v) is 4.09. The fourth-order valence-corrected chi connectivity index (χ4v) is 2.75. The first-order valence-corrected chi connectivity index (χ1v) is 8.16. The molecule has 1 amide bonds. The molecule has 3 rings (SSSR count). The van der Waals surface area contributed by atoms with Crippen molar-refractivity contribution >= 4 is 5.91 Å². The molecule has 0 aromatic heterocycles. The quantitative estimate of drug-likeness (QED) is 0.754. The Morgan fingerprint density at radius 2 is 1.92 bits per heavy atom. The van der Waals surface area contributed by atoms with Gasteiger partial charge >= 0.3 is 0 Å². The predicted molar refractivity (Wildman–Crippen MR) is 91.5 cm³/mol. The molecule has 1 fully saturated rings. The van der Waals surface area contributed by atoms with Gasteiger partial charge in [-0.2, -0.15) is 0 Å². The molecule has 126 valence electrons. The van der Waals surface area contributed by atoms with Crippen LogP contribution in [0.25, 0.3) is 0 Å². The number of amides is 1. The van der Waals surface area contributed by atoms with Gasteiger partial charge in [0.2, 0.25) is 5.91 Å². The van der Waals surface area contributed by atoms with Crippen LogP contribution in [0.4, 0.5) is 0 Å². The molecule has 5 nitrogen and oxygen atoms in total. The highest BCUT2D eigenvalue weighted by atomic mass is 16.5. The highest BCUT2D eigenvalue weighted by Crippen LogP contribution is 2.19. The van der Waals surface area contributed by atoms with Crippen molar-refractivity contribution in [3.8, 4) is 5.75 Å². The second-order valence-corrected chi connectivity index (χ2v) is 5.95. The number of benzene rings is 2. The Balaban J connectivity index is 1.56. The van der Waals surface area contributed by atoms with Gasteiger partial charge in [-0.15, -0.1) is 0 Å². The normalized spacial score (nSPS) is 19.9. The summed E-state index contributed by atoms with van der Waals surface area (Å²) in [5.41, 5.74) is 2.03. The summed E-state index contributed by atoms with van der Waals surface area (Å²) in [7, 11) is 0. The van der Waals surface area contributed by atoms with E-state index in [4.69, 9.17) is 4.74 Å². The number of aliphatic hydroxyl groups is 1. The largest absolute Gasteiger partial charge is 0.489 e. The molecule has 3 N–H and O–H groups in total. The summed E-state index contributed by atoms with van der Waals surface area (Å²) in [5, 5.41) is 15.4. The lowest BCUT2D eigenvalue weighted by molar-refractivity contribution is -0.123. The lowest BCUT2D eigenvalue weighted by Crippen LogP contribution is -2.40. The average molecular weight is 326 g/mol. The highest BCUT2D eigenvalue weighted by molar-refractivity contribution is 5.82. The molecule has 1 saturated heterocycles. The Morgan fingerprint density at radius 1 is 1.17 bits per heavy atom. The molecule has 1 heterocycles. The molecular weight excluding hydrogens is 304 g/mol. The maximum absolute atomic E-state index is 12.1. The fraction of sp³-hybridized carbons (Fsp3) is 0.316. The van der Waals surface area contributed by atoms with Crippen LogP contribution in [-0.4, -0.2) is 29.7 Å². The molecule has 1 aliphatic rings. The van der Waals surface area contributed by atoms with E-state index in [1.54, 1.807) is 0 Å². The van der Waals surface area contributed by atoms with Crippen molar-refractivity contribution in [3.63, 3.8) is 0 Å². The van der Waals surface area contributed by atoms with Crippen LogP contribution in [0, 0.1) is 0 Å². The summed E-state index contributed by atoms with van der Waals surface area (Å²) in [5.74, 6) is 0.672.